The van der Waals surface area contributed by atoms with Crippen molar-refractivity contribution < 1.29 is 4.74 Å². The van der Waals surface area contributed by atoms with Crippen molar-refractivity contribution in [2.45, 2.75) is 4.90 Å². The van der Waals surface area contributed by atoms with Gasteiger partial charge in [-0.15, -0.1) is 11.8 Å². The molecule has 0 amide bonds. The van der Waals surface area contributed by atoms with E-state index in [1.54, 1.807) is 11.8 Å². The number of hydrogen-bond donors (Lipinski definition) is 1. The summed E-state index contributed by atoms with van der Waals surface area (Å²) < 4.78 is 5.55. The quantitative estimate of drug-likeness (QED) is 0.849. The Morgan fingerprint density at radius 2 is 1.83 bits per heavy atom. The Labute approximate surface area is 119 Å². The smallest absolute Gasteiger partial charge is 0.240 e. The average molecular weight is 301 g/mol. The van der Waals surface area contributed by atoms with Gasteiger partial charge in [-0.3, -0.25) is 0 Å². The van der Waals surface area contributed by atoms with Crippen LogP contribution >= 0.6 is 35.0 Å². The Morgan fingerprint density at radius 3 is 2.44 bits per heavy atom. The van der Waals surface area contributed by atoms with Crippen molar-refractivity contribution >= 4 is 40.8 Å². The molecule has 0 unspecified atom stereocenters. The lowest BCUT2D eigenvalue weighted by molar-refractivity contribution is 0.464. The summed E-state index contributed by atoms with van der Waals surface area (Å²) in [6.07, 6.45) is 2.01. The maximum Gasteiger partial charge on any atom is 0.240 e. The van der Waals surface area contributed by atoms with Crippen molar-refractivity contribution in [3.63, 3.8) is 0 Å². The highest BCUT2D eigenvalue weighted by Crippen LogP contribution is 2.32. The molecule has 0 saturated carbocycles. The van der Waals surface area contributed by atoms with Crippen molar-refractivity contribution in [3.05, 3.63) is 40.4 Å². The summed E-state index contributed by atoms with van der Waals surface area (Å²) >= 11 is 13.4. The van der Waals surface area contributed by atoms with Gasteiger partial charge in [0.2, 0.25) is 5.88 Å². The third-order valence-corrected chi connectivity index (χ3v) is 3.52. The third-order valence-electron chi connectivity index (χ3n) is 2.20. The zero-order valence-electron chi connectivity index (χ0n) is 9.48. The molecule has 1 heterocycles. The monoisotopic (exact) mass is 300 g/mol. The van der Waals surface area contributed by atoms with Gasteiger partial charge in [0.1, 0.15) is 16.6 Å². The Hall–Kier alpha value is -1.10. The van der Waals surface area contributed by atoms with Gasteiger partial charge in [0.25, 0.3) is 0 Å². The second kappa shape index (κ2) is 5.69. The summed E-state index contributed by atoms with van der Waals surface area (Å²) in [7, 11) is 0. The van der Waals surface area contributed by atoms with E-state index in [2.05, 4.69) is 4.98 Å². The van der Waals surface area contributed by atoms with Crippen LogP contribution in [0.3, 0.4) is 0 Å². The predicted octanol–water partition coefficient (Wildman–Crippen LogP) is 4.48. The van der Waals surface area contributed by atoms with Crippen LogP contribution in [0, 0.1) is 0 Å². The van der Waals surface area contributed by atoms with Gasteiger partial charge >= 0.3 is 0 Å². The molecule has 0 aliphatic rings. The number of anilines is 1. The Morgan fingerprint density at radius 1 is 1.17 bits per heavy atom. The number of nitrogens with zero attached hydrogens (tertiary/aromatic N) is 1. The molecule has 1 aromatic heterocycles. The van der Waals surface area contributed by atoms with E-state index in [9.17, 15) is 0 Å². The largest absolute Gasteiger partial charge is 0.437 e. The number of ether oxygens (including phenoxy) is 1. The van der Waals surface area contributed by atoms with Crippen LogP contribution in [0.25, 0.3) is 0 Å². The van der Waals surface area contributed by atoms with Crippen molar-refractivity contribution in [3.8, 4) is 11.6 Å². The van der Waals surface area contributed by atoms with Crippen LogP contribution in [0.1, 0.15) is 0 Å². The second-order valence-corrected chi connectivity index (χ2v) is 5.11. The van der Waals surface area contributed by atoms with Gasteiger partial charge in [0, 0.05) is 4.90 Å². The van der Waals surface area contributed by atoms with E-state index in [4.69, 9.17) is 33.7 Å². The molecule has 2 aromatic rings. The number of aromatic nitrogens is 1. The number of pyridine rings is 1. The zero-order chi connectivity index (χ0) is 13.1. The van der Waals surface area contributed by atoms with Crippen LogP contribution in [-0.4, -0.2) is 11.2 Å². The minimum absolute atomic E-state index is 0.191. The predicted molar refractivity (Wildman–Crippen MR) is 77.0 cm³/mol. The number of benzene rings is 1. The summed E-state index contributed by atoms with van der Waals surface area (Å²) in [4.78, 5) is 5.15. The Bertz CT molecular complexity index is 561. The minimum atomic E-state index is 0.191. The maximum atomic E-state index is 5.98. The number of nitrogens with two attached hydrogens (primary N) is 1. The fraction of sp³-hybridized carbons (Fsp3) is 0.0833. The molecule has 94 valence electrons. The van der Waals surface area contributed by atoms with E-state index in [1.807, 2.05) is 30.5 Å². The summed E-state index contributed by atoms with van der Waals surface area (Å²) in [6, 6.07) is 9.10. The van der Waals surface area contributed by atoms with Crippen LogP contribution in [0.4, 0.5) is 5.82 Å². The molecule has 0 aliphatic heterocycles. The van der Waals surface area contributed by atoms with Gasteiger partial charge in [-0.25, -0.2) is 0 Å². The standard InChI is InChI=1S/C12H10Cl2N2OS/c1-18-8-4-2-7(3-5-8)17-12-10(14)6-9(13)11(15)16-12/h2-6H,1H3,(H2,15,16). The topological polar surface area (TPSA) is 48.1 Å². The number of rotatable bonds is 3. The fourth-order valence-corrected chi connectivity index (χ4v) is 2.10. The number of hydrogen-bond acceptors (Lipinski definition) is 4. The highest BCUT2D eigenvalue weighted by atomic mass is 35.5. The molecule has 2 rings (SSSR count). The van der Waals surface area contributed by atoms with Gasteiger partial charge in [-0.2, -0.15) is 4.98 Å². The van der Waals surface area contributed by atoms with E-state index in [1.165, 1.54) is 6.07 Å². The first-order valence-corrected chi connectivity index (χ1v) is 7.01. The molecule has 0 aliphatic carbocycles. The van der Waals surface area contributed by atoms with Gasteiger partial charge in [0.05, 0.1) is 5.02 Å². The zero-order valence-corrected chi connectivity index (χ0v) is 11.8. The van der Waals surface area contributed by atoms with Crippen LogP contribution in [0.2, 0.25) is 10.0 Å². The molecular weight excluding hydrogens is 291 g/mol. The molecular formula is C12H10Cl2N2OS. The molecule has 0 fully saturated rings. The average Bonchev–Trinajstić information content (AvgIpc) is 2.37. The highest BCUT2D eigenvalue weighted by molar-refractivity contribution is 7.98. The number of thioether (sulfide) groups is 1. The van der Waals surface area contributed by atoms with E-state index in [-0.39, 0.29) is 11.7 Å². The molecule has 0 bridgehead atoms. The second-order valence-electron chi connectivity index (χ2n) is 3.42. The molecule has 1 aromatic carbocycles. The molecule has 6 heteroatoms. The molecule has 3 nitrogen and oxygen atoms in total. The number of halogens is 2. The maximum absolute atomic E-state index is 5.98. The van der Waals surface area contributed by atoms with Gasteiger partial charge < -0.3 is 10.5 Å². The van der Waals surface area contributed by atoms with Crippen molar-refractivity contribution in [1.29, 1.82) is 0 Å². The Kier molecular flexibility index (Phi) is 4.22. The third kappa shape index (κ3) is 3.02. The van der Waals surface area contributed by atoms with Crippen LogP contribution in [-0.2, 0) is 0 Å². The lowest BCUT2D eigenvalue weighted by atomic mass is 10.3. The molecule has 0 saturated heterocycles. The van der Waals surface area contributed by atoms with Gasteiger partial charge in [0.15, 0.2) is 0 Å². The summed E-state index contributed by atoms with van der Waals surface area (Å²) in [5.41, 5.74) is 5.60. The summed E-state index contributed by atoms with van der Waals surface area (Å²) in [5.74, 6) is 1.08. The highest BCUT2D eigenvalue weighted by Gasteiger charge is 2.09. The minimum Gasteiger partial charge on any atom is -0.437 e. The molecule has 0 atom stereocenters. The van der Waals surface area contributed by atoms with E-state index in [0.717, 1.165) is 4.90 Å². The molecule has 18 heavy (non-hydrogen) atoms. The molecule has 0 radical (unpaired) electrons. The first-order valence-electron chi connectivity index (χ1n) is 5.03. The van der Waals surface area contributed by atoms with Crippen LogP contribution < -0.4 is 10.5 Å². The van der Waals surface area contributed by atoms with Crippen molar-refractivity contribution in [2.24, 2.45) is 0 Å². The summed E-state index contributed by atoms with van der Waals surface area (Å²) in [5, 5.41) is 0.633. The van der Waals surface area contributed by atoms with Crippen LogP contribution in [0.15, 0.2) is 35.2 Å². The molecule has 2 N–H and O–H groups in total. The lowest BCUT2D eigenvalue weighted by Crippen LogP contribution is -1.95. The van der Waals surface area contributed by atoms with E-state index in [0.29, 0.717) is 15.8 Å². The van der Waals surface area contributed by atoms with E-state index < -0.39 is 0 Å². The van der Waals surface area contributed by atoms with Gasteiger partial charge in [-0.1, -0.05) is 23.2 Å². The number of nitrogen functional groups attached to an aromatic ring is 1. The molecule has 0 spiro atoms. The van der Waals surface area contributed by atoms with Crippen molar-refractivity contribution in [2.75, 3.05) is 12.0 Å². The van der Waals surface area contributed by atoms with E-state index >= 15 is 0 Å². The lowest BCUT2D eigenvalue weighted by Gasteiger charge is -2.08. The first-order chi connectivity index (χ1) is 8.60. The summed E-state index contributed by atoms with van der Waals surface area (Å²) in [6.45, 7) is 0. The fourth-order valence-electron chi connectivity index (χ4n) is 1.29. The SMILES string of the molecule is CSc1ccc(Oc2nc(N)c(Cl)cc2Cl)cc1. The van der Waals surface area contributed by atoms with Crippen LogP contribution in [0.5, 0.6) is 11.6 Å². The van der Waals surface area contributed by atoms with Gasteiger partial charge in [-0.05, 0) is 36.6 Å². The first kappa shape index (κ1) is 13.3. The Balaban J connectivity index is 2.25. The van der Waals surface area contributed by atoms with Crippen molar-refractivity contribution in [1.82, 2.24) is 4.98 Å². The normalized spacial score (nSPS) is 10.4.